The molecule has 7 heteroatoms. The zero-order valence-electron chi connectivity index (χ0n) is 17.4. The number of halogens is 1. The van der Waals surface area contributed by atoms with Crippen molar-refractivity contribution in [2.75, 3.05) is 13.1 Å². The van der Waals surface area contributed by atoms with Crippen LogP contribution in [-0.2, 0) is 21.2 Å². The Balaban J connectivity index is 1.37. The summed E-state index contributed by atoms with van der Waals surface area (Å²) in [7, 11) is -3.75. The van der Waals surface area contributed by atoms with Crippen LogP contribution in [0.1, 0.15) is 49.3 Å². The molecule has 2 fully saturated rings. The van der Waals surface area contributed by atoms with E-state index in [0.29, 0.717) is 19.4 Å². The maximum absolute atomic E-state index is 13.7. The Hall–Kier alpha value is -2.25. The van der Waals surface area contributed by atoms with Crippen LogP contribution in [-0.4, -0.2) is 42.7 Å². The molecule has 164 valence electrons. The number of hydrogen-bond acceptors (Lipinski definition) is 3. The number of hydrogen-bond donors (Lipinski definition) is 0. The van der Waals surface area contributed by atoms with E-state index in [-0.39, 0.29) is 35.3 Å². The molecule has 2 aromatic rings. The van der Waals surface area contributed by atoms with Gasteiger partial charge in [0, 0.05) is 19.1 Å². The summed E-state index contributed by atoms with van der Waals surface area (Å²) in [6.07, 6.45) is 5.31. The summed E-state index contributed by atoms with van der Waals surface area (Å²) >= 11 is 0. The molecule has 5 rings (SSSR count). The third-order valence-corrected chi connectivity index (χ3v) is 8.70. The fourth-order valence-electron chi connectivity index (χ4n) is 5.09. The van der Waals surface area contributed by atoms with Crippen molar-refractivity contribution in [3.8, 4) is 0 Å². The molecule has 0 radical (unpaired) electrons. The zero-order chi connectivity index (χ0) is 21.6. The average Bonchev–Trinajstić information content (AvgIpc) is 3.53. The lowest BCUT2D eigenvalue weighted by Crippen LogP contribution is -2.48. The van der Waals surface area contributed by atoms with Gasteiger partial charge in [0.25, 0.3) is 0 Å². The Morgan fingerprint density at radius 3 is 2.48 bits per heavy atom. The van der Waals surface area contributed by atoms with Gasteiger partial charge < -0.3 is 4.90 Å². The summed E-state index contributed by atoms with van der Waals surface area (Å²) in [5.74, 6) is -0.719. The van der Waals surface area contributed by atoms with Crippen molar-refractivity contribution in [2.45, 2.75) is 55.5 Å². The summed E-state index contributed by atoms with van der Waals surface area (Å²) in [5.41, 5.74) is 2.56. The molecule has 0 N–H and O–H groups in total. The molecule has 3 aliphatic rings. The monoisotopic (exact) mass is 442 g/mol. The first-order valence-electron chi connectivity index (χ1n) is 11.1. The second-order valence-electron chi connectivity index (χ2n) is 8.89. The summed E-state index contributed by atoms with van der Waals surface area (Å²) in [5, 5.41) is 0. The number of rotatable bonds is 5. The number of fused-ring (bicyclic) bond motifs is 1. The highest BCUT2D eigenvalue weighted by atomic mass is 32.2. The van der Waals surface area contributed by atoms with Crippen LogP contribution in [0.2, 0.25) is 0 Å². The summed E-state index contributed by atoms with van der Waals surface area (Å²) in [6, 6.07) is 13.6. The molecule has 0 aromatic heterocycles. The molecule has 1 amide bonds. The van der Waals surface area contributed by atoms with Crippen LogP contribution in [0.3, 0.4) is 0 Å². The molecular weight excluding hydrogens is 415 g/mol. The van der Waals surface area contributed by atoms with Crippen molar-refractivity contribution in [1.82, 2.24) is 9.21 Å². The summed E-state index contributed by atoms with van der Waals surface area (Å²) in [6.45, 7) is 0.579. The fourth-order valence-corrected chi connectivity index (χ4v) is 6.62. The normalized spacial score (nSPS) is 24.0. The molecule has 2 unspecified atom stereocenters. The van der Waals surface area contributed by atoms with E-state index >= 15 is 0 Å². The largest absolute Gasteiger partial charge is 0.332 e. The molecule has 0 spiro atoms. The molecule has 31 heavy (non-hydrogen) atoms. The lowest BCUT2D eigenvalue weighted by molar-refractivity contribution is -0.140. The van der Waals surface area contributed by atoms with Crippen LogP contribution in [0.4, 0.5) is 4.39 Å². The number of benzene rings is 2. The zero-order valence-corrected chi connectivity index (χ0v) is 18.2. The van der Waals surface area contributed by atoms with E-state index < -0.39 is 15.8 Å². The quantitative estimate of drug-likeness (QED) is 0.706. The first-order valence-corrected chi connectivity index (χ1v) is 12.5. The number of sulfonamides is 1. The van der Waals surface area contributed by atoms with E-state index in [9.17, 15) is 17.6 Å². The van der Waals surface area contributed by atoms with E-state index in [1.807, 2.05) is 12.1 Å². The first-order chi connectivity index (χ1) is 14.9. The molecule has 2 aliphatic carbocycles. The Labute approximate surface area is 182 Å². The number of carbonyl (C=O) groups is 1. The van der Waals surface area contributed by atoms with E-state index in [2.05, 4.69) is 17.0 Å². The van der Waals surface area contributed by atoms with Crippen LogP contribution in [0, 0.1) is 11.7 Å². The number of amides is 1. The van der Waals surface area contributed by atoms with Crippen LogP contribution in [0.25, 0.3) is 0 Å². The Bertz CT molecular complexity index is 1080. The topological polar surface area (TPSA) is 57.7 Å². The number of piperidine rings is 1. The SMILES string of the molecule is O=C(C1CCCN(S(=O)(=O)c2ccc(F)cc2)C1)N(C1CC1)C1CCc2ccccc21. The molecule has 1 saturated carbocycles. The third kappa shape index (κ3) is 3.89. The standard InChI is InChI=1S/C24H27FN2O3S/c25-19-8-12-21(13-9-19)31(29,30)26-15-3-5-18(16-26)24(28)27(20-10-11-20)23-14-7-17-4-1-2-6-22(17)23/h1-2,4,6,8-9,12-13,18,20,23H,3,5,7,10-11,14-16H2. The van der Waals surface area contributed by atoms with Crippen molar-refractivity contribution in [2.24, 2.45) is 5.92 Å². The van der Waals surface area contributed by atoms with Crippen LogP contribution in [0.5, 0.6) is 0 Å². The minimum absolute atomic E-state index is 0.0748. The maximum atomic E-state index is 13.7. The van der Waals surface area contributed by atoms with Gasteiger partial charge >= 0.3 is 0 Å². The molecular formula is C24H27FN2O3S. The predicted molar refractivity (Wildman–Crippen MR) is 115 cm³/mol. The van der Waals surface area contributed by atoms with Crippen molar-refractivity contribution in [1.29, 1.82) is 0 Å². The minimum atomic E-state index is -3.75. The van der Waals surface area contributed by atoms with Crippen molar-refractivity contribution >= 4 is 15.9 Å². The summed E-state index contributed by atoms with van der Waals surface area (Å²) < 4.78 is 40.8. The highest BCUT2D eigenvalue weighted by Gasteiger charge is 2.44. The Kier molecular flexibility index (Phi) is 5.34. The molecule has 1 saturated heterocycles. The smallest absolute Gasteiger partial charge is 0.243 e. The van der Waals surface area contributed by atoms with Crippen LogP contribution < -0.4 is 0 Å². The van der Waals surface area contributed by atoms with Gasteiger partial charge in [-0.2, -0.15) is 4.31 Å². The third-order valence-electron chi connectivity index (χ3n) is 6.82. The first kappa shape index (κ1) is 20.6. The van der Waals surface area contributed by atoms with E-state index in [4.69, 9.17) is 0 Å². The number of nitrogens with zero attached hydrogens (tertiary/aromatic N) is 2. The van der Waals surface area contributed by atoms with Gasteiger partial charge in [-0.05, 0) is 73.9 Å². The van der Waals surface area contributed by atoms with E-state index in [1.165, 1.54) is 27.6 Å². The Morgan fingerprint density at radius 1 is 1.00 bits per heavy atom. The Morgan fingerprint density at radius 2 is 1.74 bits per heavy atom. The molecule has 2 atom stereocenters. The molecule has 1 heterocycles. The molecule has 2 aromatic carbocycles. The molecule has 0 bridgehead atoms. The minimum Gasteiger partial charge on any atom is -0.332 e. The summed E-state index contributed by atoms with van der Waals surface area (Å²) in [4.78, 5) is 15.8. The van der Waals surface area contributed by atoms with E-state index in [0.717, 1.165) is 37.8 Å². The van der Waals surface area contributed by atoms with Gasteiger partial charge in [-0.15, -0.1) is 0 Å². The van der Waals surface area contributed by atoms with Gasteiger partial charge in [-0.3, -0.25) is 4.79 Å². The average molecular weight is 443 g/mol. The van der Waals surface area contributed by atoms with Crippen molar-refractivity contribution in [3.05, 3.63) is 65.5 Å². The maximum Gasteiger partial charge on any atom is 0.243 e. The lowest BCUT2D eigenvalue weighted by atomic mass is 9.96. The van der Waals surface area contributed by atoms with Gasteiger partial charge in [-0.1, -0.05) is 24.3 Å². The van der Waals surface area contributed by atoms with Gasteiger partial charge in [0.05, 0.1) is 16.9 Å². The highest BCUT2D eigenvalue weighted by Crippen LogP contribution is 2.43. The fraction of sp³-hybridized carbons (Fsp3) is 0.458. The van der Waals surface area contributed by atoms with Crippen molar-refractivity contribution < 1.29 is 17.6 Å². The van der Waals surface area contributed by atoms with Gasteiger partial charge in [0.15, 0.2) is 0 Å². The molecule has 5 nitrogen and oxygen atoms in total. The second-order valence-corrected chi connectivity index (χ2v) is 10.8. The number of carbonyl (C=O) groups excluding carboxylic acids is 1. The number of aryl methyl sites for hydroxylation is 1. The van der Waals surface area contributed by atoms with Gasteiger partial charge in [0.2, 0.25) is 15.9 Å². The van der Waals surface area contributed by atoms with Crippen LogP contribution in [0.15, 0.2) is 53.4 Å². The molecule has 1 aliphatic heterocycles. The predicted octanol–water partition coefficient (Wildman–Crippen LogP) is 3.90. The van der Waals surface area contributed by atoms with E-state index in [1.54, 1.807) is 0 Å². The van der Waals surface area contributed by atoms with Gasteiger partial charge in [0.1, 0.15) is 5.82 Å². The highest BCUT2D eigenvalue weighted by molar-refractivity contribution is 7.89. The lowest BCUT2D eigenvalue weighted by Gasteiger charge is -2.37. The van der Waals surface area contributed by atoms with Crippen LogP contribution >= 0.6 is 0 Å². The second kappa shape index (κ2) is 8.02. The van der Waals surface area contributed by atoms with Gasteiger partial charge in [-0.25, -0.2) is 12.8 Å². The van der Waals surface area contributed by atoms with Crippen molar-refractivity contribution in [3.63, 3.8) is 0 Å².